The maximum absolute atomic E-state index is 12.0. The van der Waals surface area contributed by atoms with Crippen molar-refractivity contribution in [3.63, 3.8) is 0 Å². The van der Waals surface area contributed by atoms with Gasteiger partial charge in [0.25, 0.3) is 0 Å². The van der Waals surface area contributed by atoms with Gasteiger partial charge in [-0.05, 0) is 19.3 Å². The molecule has 2 atom stereocenters. The van der Waals surface area contributed by atoms with Crippen LogP contribution in [-0.2, 0) is 14.6 Å². The third-order valence-corrected chi connectivity index (χ3v) is 6.28. The van der Waals surface area contributed by atoms with Crippen molar-refractivity contribution in [2.45, 2.75) is 45.6 Å². The van der Waals surface area contributed by atoms with Crippen molar-refractivity contribution < 1.29 is 13.2 Å². The number of nitrogens with one attached hydrogen (secondary N) is 1. The SMILES string of the molecule is Cc1nn(C2CCS(=O)(=O)C2)c2c1C(C(C)C)CC(=O)N2. The molecule has 0 aromatic carbocycles. The highest BCUT2D eigenvalue weighted by Gasteiger charge is 2.37. The molecule has 1 amide bonds. The third kappa shape index (κ3) is 2.47. The first-order valence-electron chi connectivity index (χ1n) is 7.38. The summed E-state index contributed by atoms with van der Waals surface area (Å²) >= 11 is 0. The van der Waals surface area contributed by atoms with Crippen LogP contribution in [0.15, 0.2) is 0 Å². The number of carbonyl (C=O) groups excluding carboxylic acids is 1. The molecule has 0 bridgehead atoms. The predicted molar refractivity (Wildman–Crippen MR) is 80.1 cm³/mol. The molecule has 0 radical (unpaired) electrons. The van der Waals surface area contributed by atoms with Gasteiger partial charge in [0, 0.05) is 17.9 Å². The maximum atomic E-state index is 12.0. The lowest BCUT2D eigenvalue weighted by Gasteiger charge is -2.27. The van der Waals surface area contributed by atoms with E-state index < -0.39 is 9.84 Å². The van der Waals surface area contributed by atoms with Crippen molar-refractivity contribution in [2.24, 2.45) is 5.92 Å². The van der Waals surface area contributed by atoms with E-state index in [1.54, 1.807) is 4.68 Å². The first-order valence-corrected chi connectivity index (χ1v) is 9.20. The molecular weight excluding hydrogens is 290 g/mol. The number of carbonyl (C=O) groups is 1. The number of hydrogen-bond donors (Lipinski definition) is 1. The Morgan fingerprint density at radius 3 is 2.67 bits per heavy atom. The van der Waals surface area contributed by atoms with Crippen LogP contribution in [-0.4, -0.2) is 35.6 Å². The van der Waals surface area contributed by atoms with E-state index in [2.05, 4.69) is 24.3 Å². The number of nitrogens with zero attached hydrogens (tertiary/aromatic N) is 2. The highest BCUT2D eigenvalue weighted by atomic mass is 32.2. The van der Waals surface area contributed by atoms with E-state index in [-0.39, 0.29) is 29.4 Å². The zero-order valence-electron chi connectivity index (χ0n) is 12.6. The second-order valence-electron chi connectivity index (χ2n) is 6.45. The quantitative estimate of drug-likeness (QED) is 0.900. The van der Waals surface area contributed by atoms with E-state index in [1.165, 1.54) is 0 Å². The average Bonchev–Trinajstić information content (AvgIpc) is 2.89. The molecule has 116 valence electrons. The van der Waals surface area contributed by atoms with Crippen LogP contribution in [0.5, 0.6) is 0 Å². The van der Waals surface area contributed by atoms with Gasteiger partial charge in [-0.1, -0.05) is 13.8 Å². The first-order chi connectivity index (χ1) is 9.78. The van der Waals surface area contributed by atoms with Gasteiger partial charge >= 0.3 is 0 Å². The summed E-state index contributed by atoms with van der Waals surface area (Å²) in [5, 5.41) is 7.45. The number of rotatable bonds is 2. The lowest BCUT2D eigenvalue weighted by molar-refractivity contribution is -0.117. The fourth-order valence-corrected chi connectivity index (χ4v) is 5.11. The molecule has 7 heteroatoms. The maximum Gasteiger partial charge on any atom is 0.226 e. The monoisotopic (exact) mass is 311 g/mol. The third-order valence-electron chi connectivity index (χ3n) is 4.52. The van der Waals surface area contributed by atoms with Gasteiger partial charge in [0.2, 0.25) is 5.91 Å². The zero-order valence-corrected chi connectivity index (χ0v) is 13.4. The number of hydrogen-bond acceptors (Lipinski definition) is 4. The summed E-state index contributed by atoms with van der Waals surface area (Å²) < 4.78 is 25.1. The largest absolute Gasteiger partial charge is 0.311 e. The molecule has 21 heavy (non-hydrogen) atoms. The molecule has 2 unspecified atom stereocenters. The van der Waals surface area contributed by atoms with E-state index in [4.69, 9.17) is 0 Å². The molecule has 1 aromatic rings. The summed E-state index contributed by atoms with van der Waals surface area (Å²) in [4.78, 5) is 12.0. The average molecular weight is 311 g/mol. The Hall–Kier alpha value is -1.37. The topological polar surface area (TPSA) is 81.1 Å². The number of amides is 1. The molecule has 1 aromatic heterocycles. The van der Waals surface area contributed by atoms with Gasteiger partial charge in [-0.15, -0.1) is 0 Å². The van der Waals surface area contributed by atoms with Crippen molar-refractivity contribution in [3.05, 3.63) is 11.3 Å². The molecule has 0 aliphatic carbocycles. The van der Waals surface area contributed by atoms with E-state index in [9.17, 15) is 13.2 Å². The number of sulfone groups is 1. The van der Waals surface area contributed by atoms with Crippen LogP contribution >= 0.6 is 0 Å². The fourth-order valence-electron chi connectivity index (χ4n) is 3.42. The second kappa shape index (κ2) is 4.83. The fraction of sp³-hybridized carbons (Fsp3) is 0.714. The van der Waals surface area contributed by atoms with Crippen LogP contribution < -0.4 is 5.32 Å². The van der Waals surface area contributed by atoms with E-state index in [0.717, 1.165) is 11.3 Å². The molecule has 2 aliphatic heterocycles. The van der Waals surface area contributed by atoms with Crippen molar-refractivity contribution in [1.82, 2.24) is 9.78 Å². The number of anilines is 1. The smallest absolute Gasteiger partial charge is 0.226 e. The van der Waals surface area contributed by atoms with Crippen LogP contribution in [0.1, 0.15) is 49.9 Å². The molecule has 3 heterocycles. The highest BCUT2D eigenvalue weighted by molar-refractivity contribution is 7.91. The van der Waals surface area contributed by atoms with Gasteiger partial charge in [-0.25, -0.2) is 13.1 Å². The molecule has 3 rings (SSSR count). The molecule has 2 aliphatic rings. The minimum atomic E-state index is -2.98. The van der Waals surface area contributed by atoms with E-state index in [0.29, 0.717) is 24.6 Å². The molecule has 0 saturated carbocycles. The molecule has 1 N–H and O–H groups in total. The lowest BCUT2D eigenvalue weighted by Crippen LogP contribution is -2.27. The summed E-state index contributed by atoms with van der Waals surface area (Å²) in [6, 6.07) is -0.163. The Balaban J connectivity index is 2.06. The number of fused-ring (bicyclic) bond motifs is 1. The number of aromatic nitrogens is 2. The van der Waals surface area contributed by atoms with Crippen molar-refractivity contribution in [3.8, 4) is 0 Å². The van der Waals surface area contributed by atoms with Crippen molar-refractivity contribution in [2.75, 3.05) is 16.8 Å². The zero-order chi connectivity index (χ0) is 15.4. The molecule has 6 nitrogen and oxygen atoms in total. The lowest BCUT2D eigenvalue weighted by atomic mass is 9.83. The summed E-state index contributed by atoms with van der Waals surface area (Å²) in [7, 11) is -2.98. The normalized spacial score (nSPS) is 27.7. The Bertz CT molecular complexity index is 691. The van der Waals surface area contributed by atoms with Crippen LogP contribution in [0.4, 0.5) is 5.82 Å². The van der Waals surface area contributed by atoms with Gasteiger partial charge in [0.1, 0.15) is 5.82 Å². The summed E-state index contributed by atoms with van der Waals surface area (Å²) in [6.07, 6.45) is 1.04. The van der Waals surface area contributed by atoms with E-state index >= 15 is 0 Å². The minimum absolute atomic E-state index is 0.0109. The van der Waals surface area contributed by atoms with Crippen molar-refractivity contribution >= 4 is 21.6 Å². The summed E-state index contributed by atoms with van der Waals surface area (Å²) in [5.74, 6) is 1.52. The Morgan fingerprint density at radius 2 is 2.10 bits per heavy atom. The Morgan fingerprint density at radius 1 is 1.38 bits per heavy atom. The van der Waals surface area contributed by atoms with E-state index in [1.807, 2.05) is 6.92 Å². The van der Waals surface area contributed by atoms with Crippen LogP contribution in [0, 0.1) is 12.8 Å². The van der Waals surface area contributed by atoms with Crippen LogP contribution in [0.25, 0.3) is 0 Å². The highest BCUT2D eigenvalue weighted by Crippen LogP contribution is 2.41. The summed E-state index contributed by atoms with van der Waals surface area (Å²) in [5.41, 5.74) is 1.97. The Labute approximate surface area is 124 Å². The van der Waals surface area contributed by atoms with Crippen LogP contribution in [0.2, 0.25) is 0 Å². The Kier molecular flexibility index (Phi) is 3.35. The summed E-state index contributed by atoms with van der Waals surface area (Å²) in [6.45, 7) is 6.14. The second-order valence-corrected chi connectivity index (χ2v) is 8.68. The van der Waals surface area contributed by atoms with Crippen LogP contribution in [0.3, 0.4) is 0 Å². The standard InChI is InChI=1S/C14H21N3O3S/c1-8(2)11-6-12(18)15-14-13(11)9(3)16-17(14)10-4-5-21(19,20)7-10/h8,10-11H,4-7H2,1-3H3,(H,15,18). The molecule has 0 spiro atoms. The first kappa shape index (κ1) is 14.6. The van der Waals surface area contributed by atoms with Gasteiger partial charge < -0.3 is 5.32 Å². The van der Waals surface area contributed by atoms with Crippen molar-refractivity contribution in [1.29, 1.82) is 0 Å². The molecular formula is C14H21N3O3S. The molecule has 1 saturated heterocycles. The van der Waals surface area contributed by atoms with Gasteiger partial charge in [-0.2, -0.15) is 5.10 Å². The molecule has 1 fully saturated rings. The number of aryl methyl sites for hydroxylation is 1. The van der Waals surface area contributed by atoms with Gasteiger partial charge in [0.05, 0.1) is 23.2 Å². The van der Waals surface area contributed by atoms with Gasteiger partial charge in [0.15, 0.2) is 9.84 Å². The minimum Gasteiger partial charge on any atom is -0.311 e. The predicted octanol–water partition coefficient (Wildman–Crippen LogP) is 1.63. The van der Waals surface area contributed by atoms with Gasteiger partial charge in [-0.3, -0.25) is 4.79 Å².